The zero-order valence-electron chi connectivity index (χ0n) is 12.0. The van der Waals surface area contributed by atoms with Crippen molar-refractivity contribution in [2.24, 2.45) is 0 Å². The maximum absolute atomic E-state index is 11.9. The molecule has 0 atom stereocenters. The summed E-state index contributed by atoms with van der Waals surface area (Å²) in [4.78, 5) is 24.3. The minimum Gasteiger partial charge on any atom is -0.347 e. The molecular weight excluding hydrogens is 402 g/mol. The molecule has 2 aromatic rings. The van der Waals surface area contributed by atoms with E-state index in [0.717, 1.165) is 16.6 Å². The zero-order chi connectivity index (χ0) is 16.4. The average molecular weight is 416 g/mol. The lowest BCUT2D eigenvalue weighted by molar-refractivity contribution is -0.120. The Morgan fingerprint density at radius 1 is 1.43 bits per heavy atom. The summed E-state index contributed by atoms with van der Waals surface area (Å²) in [6.45, 7) is 0.200. The molecule has 0 aromatic carbocycles. The van der Waals surface area contributed by atoms with Crippen LogP contribution in [0.1, 0.15) is 34.4 Å². The number of nitrogens with zero attached hydrogens (tertiary/aromatic N) is 2. The van der Waals surface area contributed by atoms with Gasteiger partial charge in [0, 0.05) is 6.04 Å². The highest BCUT2D eigenvalue weighted by molar-refractivity contribution is 9.11. The number of aromatic nitrogens is 3. The standard InChI is InChI=1S/C13H14BrN5O2S2/c14-9-4-3-8(23-9)12(21)16-6-11(20)15-5-10-17-18-13(22)19(10)7-1-2-7/h3-4,7H,1-2,5-6H2,(H,15,20)(H,16,21)(H,18,22). The molecule has 0 radical (unpaired) electrons. The van der Waals surface area contributed by atoms with Crippen LogP contribution in [-0.4, -0.2) is 33.1 Å². The number of thiophene rings is 1. The second-order valence-corrected chi connectivity index (χ2v) is 7.96. The number of hydrogen-bond donors (Lipinski definition) is 3. The first-order valence-electron chi connectivity index (χ1n) is 7.00. The van der Waals surface area contributed by atoms with Gasteiger partial charge in [0.05, 0.1) is 21.8 Å². The Morgan fingerprint density at radius 2 is 2.22 bits per heavy atom. The van der Waals surface area contributed by atoms with Crippen LogP contribution in [0, 0.1) is 4.77 Å². The first kappa shape index (κ1) is 16.3. The maximum atomic E-state index is 11.9. The molecule has 2 amide bonds. The van der Waals surface area contributed by atoms with Crippen LogP contribution in [0.25, 0.3) is 0 Å². The predicted molar refractivity (Wildman–Crippen MR) is 91.9 cm³/mol. The summed E-state index contributed by atoms with van der Waals surface area (Å²) in [5, 5.41) is 12.2. The van der Waals surface area contributed by atoms with Crippen LogP contribution in [0.2, 0.25) is 0 Å². The molecule has 10 heteroatoms. The van der Waals surface area contributed by atoms with E-state index in [1.807, 2.05) is 4.57 Å². The van der Waals surface area contributed by atoms with Crippen molar-refractivity contribution in [2.75, 3.05) is 6.54 Å². The topological polar surface area (TPSA) is 91.8 Å². The number of carbonyl (C=O) groups excluding carboxylic acids is 2. The van der Waals surface area contributed by atoms with Gasteiger partial charge in [0.15, 0.2) is 10.6 Å². The molecular formula is C13H14BrN5O2S2. The number of amides is 2. The molecule has 1 aliphatic rings. The molecule has 2 aromatic heterocycles. The highest BCUT2D eigenvalue weighted by Crippen LogP contribution is 2.35. The minimum atomic E-state index is -0.273. The molecule has 23 heavy (non-hydrogen) atoms. The molecule has 0 unspecified atom stereocenters. The van der Waals surface area contributed by atoms with Crippen LogP contribution < -0.4 is 10.6 Å². The zero-order valence-corrected chi connectivity index (χ0v) is 15.2. The average Bonchev–Trinajstić information content (AvgIpc) is 3.16. The lowest BCUT2D eigenvalue weighted by atomic mass is 10.4. The van der Waals surface area contributed by atoms with Crippen LogP contribution >= 0.6 is 39.5 Å². The van der Waals surface area contributed by atoms with Crippen LogP contribution in [-0.2, 0) is 11.3 Å². The van der Waals surface area contributed by atoms with Crippen molar-refractivity contribution >= 4 is 51.3 Å². The van der Waals surface area contributed by atoms with E-state index in [2.05, 4.69) is 36.8 Å². The summed E-state index contributed by atoms with van der Waals surface area (Å²) in [7, 11) is 0. The predicted octanol–water partition coefficient (Wildman–Crippen LogP) is 2.15. The third-order valence-electron chi connectivity index (χ3n) is 3.34. The molecule has 122 valence electrons. The fraction of sp³-hybridized carbons (Fsp3) is 0.385. The molecule has 0 aliphatic heterocycles. The number of carbonyl (C=O) groups is 2. The van der Waals surface area contributed by atoms with Crippen molar-refractivity contribution in [3.05, 3.63) is 31.4 Å². The molecule has 0 bridgehead atoms. The van der Waals surface area contributed by atoms with E-state index in [9.17, 15) is 9.59 Å². The maximum Gasteiger partial charge on any atom is 0.261 e. The highest BCUT2D eigenvalue weighted by Gasteiger charge is 2.27. The van der Waals surface area contributed by atoms with Gasteiger partial charge >= 0.3 is 0 Å². The number of aromatic amines is 1. The second kappa shape index (κ2) is 6.93. The van der Waals surface area contributed by atoms with Crippen molar-refractivity contribution in [3.63, 3.8) is 0 Å². The van der Waals surface area contributed by atoms with E-state index in [-0.39, 0.29) is 24.9 Å². The number of hydrogen-bond acceptors (Lipinski definition) is 5. The SMILES string of the molecule is O=C(CNC(=O)c1ccc(Br)s1)NCc1n[nH]c(=S)n1C1CC1. The fourth-order valence-electron chi connectivity index (χ4n) is 2.10. The monoisotopic (exact) mass is 415 g/mol. The summed E-state index contributed by atoms with van der Waals surface area (Å²) in [6.07, 6.45) is 2.17. The third kappa shape index (κ3) is 4.06. The summed E-state index contributed by atoms with van der Waals surface area (Å²) in [6, 6.07) is 3.89. The third-order valence-corrected chi connectivity index (χ3v) is 5.25. The van der Waals surface area contributed by atoms with E-state index < -0.39 is 0 Å². The minimum absolute atomic E-state index is 0.0804. The fourth-order valence-corrected chi connectivity index (χ4v) is 3.70. The molecule has 3 N–H and O–H groups in total. The van der Waals surface area contributed by atoms with Gasteiger partial charge in [-0.15, -0.1) is 11.3 Å². The molecule has 2 heterocycles. The molecule has 7 nitrogen and oxygen atoms in total. The van der Waals surface area contributed by atoms with Crippen LogP contribution in [0.15, 0.2) is 15.9 Å². The molecule has 1 aliphatic carbocycles. The number of halogens is 1. The summed E-state index contributed by atoms with van der Waals surface area (Å²) in [5.74, 6) is 0.168. The van der Waals surface area contributed by atoms with Crippen LogP contribution in [0.5, 0.6) is 0 Å². The first-order valence-corrected chi connectivity index (χ1v) is 9.02. The lowest BCUT2D eigenvalue weighted by Crippen LogP contribution is -2.36. The normalized spacial score (nSPS) is 13.8. The quantitative estimate of drug-likeness (QED) is 0.630. The van der Waals surface area contributed by atoms with Gasteiger partial charge in [-0.05, 0) is 53.1 Å². The Labute approximate surface area is 149 Å². The van der Waals surface area contributed by atoms with Crippen molar-refractivity contribution in [3.8, 4) is 0 Å². The molecule has 0 spiro atoms. The number of nitrogens with one attached hydrogen (secondary N) is 3. The summed E-state index contributed by atoms with van der Waals surface area (Å²) in [5.41, 5.74) is 0. The lowest BCUT2D eigenvalue weighted by Gasteiger charge is -2.07. The molecule has 1 saturated carbocycles. The Bertz CT molecular complexity index is 792. The van der Waals surface area contributed by atoms with Crippen LogP contribution in [0.4, 0.5) is 0 Å². The van der Waals surface area contributed by atoms with Gasteiger partial charge in [-0.25, -0.2) is 0 Å². The van der Waals surface area contributed by atoms with Crippen molar-refractivity contribution < 1.29 is 9.59 Å². The summed E-state index contributed by atoms with van der Waals surface area (Å²) < 4.78 is 3.39. The van der Waals surface area contributed by atoms with Gasteiger partial charge in [0.2, 0.25) is 5.91 Å². The van der Waals surface area contributed by atoms with E-state index in [1.165, 1.54) is 11.3 Å². The molecule has 3 rings (SSSR count). The highest BCUT2D eigenvalue weighted by atomic mass is 79.9. The van der Waals surface area contributed by atoms with Gasteiger partial charge in [-0.2, -0.15) is 5.10 Å². The van der Waals surface area contributed by atoms with Gasteiger partial charge in [-0.1, -0.05) is 0 Å². The second-order valence-electron chi connectivity index (χ2n) is 5.11. The number of rotatable bonds is 6. The Kier molecular flexibility index (Phi) is 4.93. The largest absolute Gasteiger partial charge is 0.347 e. The van der Waals surface area contributed by atoms with Crippen LogP contribution in [0.3, 0.4) is 0 Å². The van der Waals surface area contributed by atoms with Crippen molar-refractivity contribution in [1.82, 2.24) is 25.4 Å². The summed E-state index contributed by atoms with van der Waals surface area (Å²) >= 11 is 9.79. The van der Waals surface area contributed by atoms with E-state index in [4.69, 9.17) is 12.2 Å². The van der Waals surface area contributed by atoms with E-state index in [0.29, 0.717) is 21.5 Å². The van der Waals surface area contributed by atoms with Crippen molar-refractivity contribution in [2.45, 2.75) is 25.4 Å². The van der Waals surface area contributed by atoms with Gasteiger partial charge in [-0.3, -0.25) is 19.3 Å². The molecule has 0 saturated heterocycles. The van der Waals surface area contributed by atoms with Gasteiger partial charge < -0.3 is 10.6 Å². The van der Waals surface area contributed by atoms with E-state index >= 15 is 0 Å². The first-order chi connectivity index (χ1) is 11.0. The Balaban J connectivity index is 1.48. The Hall–Kier alpha value is -1.52. The van der Waals surface area contributed by atoms with Gasteiger partial charge in [0.1, 0.15) is 0 Å². The smallest absolute Gasteiger partial charge is 0.261 e. The number of H-pyrrole nitrogens is 1. The van der Waals surface area contributed by atoms with Crippen molar-refractivity contribution in [1.29, 1.82) is 0 Å². The van der Waals surface area contributed by atoms with Gasteiger partial charge in [0.25, 0.3) is 5.91 Å². The Morgan fingerprint density at radius 3 is 2.87 bits per heavy atom. The van der Waals surface area contributed by atoms with E-state index in [1.54, 1.807) is 12.1 Å². The molecule has 1 fully saturated rings.